The summed E-state index contributed by atoms with van der Waals surface area (Å²) in [6.45, 7) is 1.87. The molecule has 0 aliphatic rings. The Hall–Kier alpha value is -2.64. The molecular weight excluding hydrogens is 346 g/mol. The molecule has 0 fully saturated rings. The maximum Gasteiger partial charge on any atom is 0.225 e. The normalized spacial score (nSPS) is 11.8. The molecule has 0 unspecified atom stereocenters. The van der Waals surface area contributed by atoms with Crippen molar-refractivity contribution in [3.05, 3.63) is 54.9 Å². The van der Waals surface area contributed by atoms with Crippen molar-refractivity contribution in [3.8, 4) is 11.3 Å². The summed E-state index contributed by atoms with van der Waals surface area (Å²) in [5, 5.41) is 15.8. The second-order valence-electron chi connectivity index (χ2n) is 5.75. The summed E-state index contributed by atoms with van der Waals surface area (Å²) < 4.78 is 0. The van der Waals surface area contributed by atoms with Crippen LogP contribution in [0.4, 0.5) is 17.5 Å². The second-order valence-corrected chi connectivity index (χ2v) is 6.60. The van der Waals surface area contributed by atoms with E-state index in [2.05, 4.69) is 31.7 Å². The van der Waals surface area contributed by atoms with Gasteiger partial charge in [-0.25, -0.2) is 4.98 Å². The number of nitrogens with zero attached hydrogens (tertiary/aromatic N) is 3. The number of thioether (sulfide) groups is 1. The predicted octanol–water partition coefficient (Wildman–Crippen LogP) is 3.80. The van der Waals surface area contributed by atoms with Crippen LogP contribution >= 0.6 is 11.8 Å². The summed E-state index contributed by atoms with van der Waals surface area (Å²) in [5.41, 5.74) is 2.71. The maximum absolute atomic E-state index is 9.31. The smallest absolute Gasteiger partial charge is 0.225 e. The summed E-state index contributed by atoms with van der Waals surface area (Å²) in [5.74, 6) is 1.14. The molecule has 7 heteroatoms. The first-order valence-electron chi connectivity index (χ1n) is 8.26. The van der Waals surface area contributed by atoms with Gasteiger partial charge in [-0.1, -0.05) is 12.1 Å². The molecule has 0 amide bonds. The summed E-state index contributed by atoms with van der Waals surface area (Å²) in [7, 11) is 0. The van der Waals surface area contributed by atoms with Gasteiger partial charge in [0, 0.05) is 35.0 Å². The van der Waals surface area contributed by atoms with Crippen LogP contribution in [-0.4, -0.2) is 39.0 Å². The highest BCUT2D eigenvalue weighted by Gasteiger charge is 2.10. The van der Waals surface area contributed by atoms with E-state index in [-0.39, 0.29) is 12.6 Å². The number of aliphatic hydroxyl groups excluding tert-OH is 1. The van der Waals surface area contributed by atoms with E-state index in [0.29, 0.717) is 11.8 Å². The van der Waals surface area contributed by atoms with Gasteiger partial charge in [0.15, 0.2) is 0 Å². The fraction of sp³-hybridized carbons (Fsp3) is 0.211. The van der Waals surface area contributed by atoms with Gasteiger partial charge in [0.25, 0.3) is 0 Å². The zero-order valence-electron chi connectivity index (χ0n) is 14.7. The van der Waals surface area contributed by atoms with Gasteiger partial charge in [-0.2, -0.15) is 4.98 Å². The third-order valence-corrected chi connectivity index (χ3v) is 4.52. The lowest BCUT2D eigenvalue weighted by Gasteiger charge is -2.15. The molecule has 3 N–H and O–H groups in total. The zero-order valence-corrected chi connectivity index (χ0v) is 15.5. The van der Waals surface area contributed by atoms with Crippen LogP contribution in [0.15, 0.2) is 59.8 Å². The SMILES string of the molecule is CSc1ccccc1Nc1cc(-c2ccncc2)nc(N[C@H](C)CO)n1. The van der Waals surface area contributed by atoms with E-state index in [4.69, 9.17) is 0 Å². The van der Waals surface area contributed by atoms with Gasteiger partial charge < -0.3 is 15.7 Å². The van der Waals surface area contributed by atoms with Gasteiger partial charge in [0.05, 0.1) is 18.0 Å². The first-order chi connectivity index (χ1) is 12.7. The molecule has 0 aliphatic heterocycles. The van der Waals surface area contributed by atoms with E-state index < -0.39 is 0 Å². The molecule has 0 saturated carbocycles. The topological polar surface area (TPSA) is 83.0 Å². The molecule has 0 saturated heterocycles. The highest BCUT2D eigenvalue weighted by molar-refractivity contribution is 7.98. The molecule has 2 heterocycles. The Morgan fingerprint density at radius 1 is 1.12 bits per heavy atom. The number of benzene rings is 1. The van der Waals surface area contributed by atoms with Crippen molar-refractivity contribution in [2.75, 3.05) is 23.5 Å². The van der Waals surface area contributed by atoms with E-state index in [9.17, 15) is 5.11 Å². The van der Waals surface area contributed by atoms with E-state index in [1.165, 1.54) is 0 Å². The molecule has 26 heavy (non-hydrogen) atoms. The summed E-state index contributed by atoms with van der Waals surface area (Å²) in [4.78, 5) is 14.3. The third kappa shape index (κ3) is 4.50. The largest absolute Gasteiger partial charge is 0.394 e. The van der Waals surface area contributed by atoms with Crippen molar-refractivity contribution in [1.29, 1.82) is 0 Å². The van der Waals surface area contributed by atoms with Crippen LogP contribution < -0.4 is 10.6 Å². The monoisotopic (exact) mass is 367 g/mol. The van der Waals surface area contributed by atoms with Crippen LogP contribution in [0.5, 0.6) is 0 Å². The highest BCUT2D eigenvalue weighted by Crippen LogP contribution is 2.29. The Morgan fingerprint density at radius 2 is 1.88 bits per heavy atom. The average molecular weight is 367 g/mol. The maximum atomic E-state index is 9.31. The Kier molecular flexibility index (Phi) is 6.04. The lowest BCUT2D eigenvalue weighted by atomic mass is 10.2. The molecule has 0 radical (unpaired) electrons. The number of nitrogens with one attached hydrogen (secondary N) is 2. The fourth-order valence-corrected chi connectivity index (χ4v) is 2.95. The van der Waals surface area contributed by atoms with Crippen LogP contribution in [0, 0.1) is 0 Å². The quantitative estimate of drug-likeness (QED) is 0.548. The minimum absolute atomic E-state index is 0.000907. The van der Waals surface area contributed by atoms with E-state index in [0.717, 1.165) is 21.8 Å². The van der Waals surface area contributed by atoms with Crippen molar-refractivity contribution in [2.24, 2.45) is 0 Å². The molecule has 0 bridgehead atoms. The molecule has 3 rings (SSSR count). The van der Waals surface area contributed by atoms with Gasteiger partial charge in [0.2, 0.25) is 5.95 Å². The third-order valence-electron chi connectivity index (χ3n) is 3.72. The molecular formula is C19H21N5OS. The van der Waals surface area contributed by atoms with Crippen molar-refractivity contribution in [1.82, 2.24) is 15.0 Å². The number of anilines is 3. The van der Waals surface area contributed by atoms with Crippen LogP contribution in [-0.2, 0) is 0 Å². The summed E-state index contributed by atoms with van der Waals surface area (Å²) in [6, 6.07) is 13.6. The highest BCUT2D eigenvalue weighted by atomic mass is 32.2. The Morgan fingerprint density at radius 3 is 2.62 bits per heavy atom. The van der Waals surface area contributed by atoms with Crippen molar-refractivity contribution in [3.63, 3.8) is 0 Å². The van der Waals surface area contributed by atoms with E-state index in [1.54, 1.807) is 24.2 Å². The minimum Gasteiger partial charge on any atom is -0.394 e. The number of aromatic nitrogens is 3. The first-order valence-corrected chi connectivity index (χ1v) is 9.49. The van der Waals surface area contributed by atoms with Crippen LogP contribution in [0.2, 0.25) is 0 Å². The van der Waals surface area contributed by atoms with E-state index in [1.807, 2.05) is 49.6 Å². The number of aliphatic hydroxyl groups is 1. The molecule has 0 aliphatic carbocycles. The number of rotatable bonds is 7. The molecule has 3 aromatic rings. The van der Waals surface area contributed by atoms with Gasteiger partial charge in [-0.05, 0) is 37.4 Å². The number of hydrogen-bond donors (Lipinski definition) is 3. The number of para-hydroxylation sites is 1. The van der Waals surface area contributed by atoms with Crippen molar-refractivity contribution >= 4 is 29.2 Å². The van der Waals surface area contributed by atoms with Gasteiger partial charge in [-0.3, -0.25) is 4.98 Å². The molecule has 134 valence electrons. The first kappa shape index (κ1) is 18.2. The van der Waals surface area contributed by atoms with Crippen molar-refractivity contribution < 1.29 is 5.11 Å². The molecule has 1 aromatic carbocycles. The Balaban J connectivity index is 1.99. The standard InChI is InChI=1S/C19H21N5OS/c1-13(12-25)21-19-23-16(14-7-9-20-10-8-14)11-18(24-19)22-15-5-3-4-6-17(15)26-2/h3-11,13,25H,12H2,1-2H3,(H2,21,22,23,24)/t13-/m1/s1. The fourth-order valence-electron chi connectivity index (χ4n) is 2.40. The van der Waals surface area contributed by atoms with Crippen LogP contribution in [0.3, 0.4) is 0 Å². The van der Waals surface area contributed by atoms with Crippen LogP contribution in [0.25, 0.3) is 11.3 Å². The lowest BCUT2D eigenvalue weighted by molar-refractivity contribution is 0.281. The molecule has 0 spiro atoms. The molecule has 6 nitrogen and oxygen atoms in total. The Labute approximate surface area is 157 Å². The zero-order chi connectivity index (χ0) is 18.4. The summed E-state index contributed by atoms with van der Waals surface area (Å²) in [6.07, 6.45) is 5.51. The molecule has 2 aromatic heterocycles. The predicted molar refractivity (Wildman–Crippen MR) is 107 cm³/mol. The van der Waals surface area contributed by atoms with Crippen molar-refractivity contribution in [2.45, 2.75) is 17.9 Å². The second kappa shape index (κ2) is 8.64. The lowest BCUT2D eigenvalue weighted by Crippen LogP contribution is -2.21. The van der Waals surface area contributed by atoms with Gasteiger partial charge in [-0.15, -0.1) is 11.8 Å². The molecule has 1 atom stereocenters. The minimum atomic E-state index is -0.144. The van der Waals surface area contributed by atoms with Gasteiger partial charge >= 0.3 is 0 Å². The number of pyridine rings is 1. The van der Waals surface area contributed by atoms with Gasteiger partial charge in [0.1, 0.15) is 5.82 Å². The van der Waals surface area contributed by atoms with E-state index >= 15 is 0 Å². The van der Waals surface area contributed by atoms with Crippen LogP contribution in [0.1, 0.15) is 6.92 Å². The number of hydrogen-bond acceptors (Lipinski definition) is 7. The summed E-state index contributed by atoms with van der Waals surface area (Å²) >= 11 is 1.67. The Bertz CT molecular complexity index is 860. The average Bonchev–Trinajstić information content (AvgIpc) is 2.69.